The Labute approximate surface area is 134 Å². The fourth-order valence-corrected chi connectivity index (χ4v) is 2.03. The van der Waals surface area contributed by atoms with Crippen molar-refractivity contribution in [3.05, 3.63) is 29.8 Å². The minimum absolute atomic E-state index is 0.0234. The van der Waals surface area contributed by atoms with Crippen molar-refractivity contribution in [3.8, 4) is 5.75 Å². The molecule has 0 bridgehead atoms. The summed E-state index contributed by atoms with van der Waals surface area (Å²) in [5, 5.41) is 5.37. The Hall–Kier alpha value is -2.18. The van der Waals surface area contributed by atoms with E-state index in [1.165, 1.54) is 19.1 Å². The molecule has 0 radical (unpaired) electrons. The van der Waals surface area contributed by atoms with Gasteiger partial charge in [-0.1, -0.05) is 26.0 Å². The summed E-state index contributed by atoms with van der Waals surface area (Å²) in [6, 6.07) is 5.67. The summed E-state index contributed by atoms with van der Waals surface area (Å²) in [5.41, 5.74) is 0.882. The molecule has 1 rings (SSSR count). The van der Waals surface area contributed by atoms with Gasteiger partial charge in [-0.3, -0.25) is 9.59 Å². The molecule has 128 valence electrons. The van der Waals surface area contributed by atoms with E-state index in [-0.39, 0.29) is 23.5 Å². The maximum absolute atomic E-state index is 12.1. The van der Waals surface area contributed by atoms with Crippen LogP contribution in [0, 0.1) is 5.92 Å². The predicted octanol–water partition coefficient (Wildman–Crippen LogP) is 2.11. The average molecular weight is 328 g/mol. The Morgan fingerprint density at radius 1 is 1.17 bits per heavy atom. The Morgan fingerprint density at radius 3 is 2.26 bits per heavy atom. The lowest BCUT2D eigenvalue weighted by molar-refractivity contribution is -0.129. The van der Waals surface area contributed by atoms with E-state index in [1.807, 2.05) is 13.8 Å². The van der Waals surface area contributed by atoms with Crippen LogP contribution in [0.5, 0.6) is 5.75 Å². The zero-order chi connectivity index (χ0) is 17.4. The topological polar surface area (TPSA) is 67.4 Å². The lowest BCUT2D eigenvalue weighted by atomic mass is 10.0. The lowest BCUT2D eigenvalue weighted by Gasteiger charge is -2.20. The number of hydrogen-bond acceptors (Lipinski definition) is 3. The first-order valence-corrected chi connectivity index (χ1v) is 7.38. The molecule has 0 spiro atoms. The van der Waals surface area contributed by atoms with Gasteiger partial charge in [-0.2, -0.15) is 8.78 Å². The number of carbonyl (C=O) groups is 2. The van der Waals surface area contributed by atoms with Crippen LogP contribution in [0.4, 0.5) is 8.78 Å². The second-order valence-electron chi connectivity index (χ2n) is 5.49. The highest BCUT2D eigenvalue weighted by Gasteiger charge is 2.22. The minimum atomic E-state index is -2.85. The summed E-state index contributed by atoms with van der Waals surface area (Å²) in [4.78, 5) is 23.2. The standard InChI is InChI=1S/C16H22F2N2O3/c1-10(2)14(20-11(3)21)15(22)19-9-8-12-4-6-13(7-5-12)23-16(17)18/h4-7,10,14,16H,8-9H2,1-3H3,(H,19,22)(H,20,21). The molecule has 5 nitrogen and oxygen atoms in total. The molecule has 7 heteroatoms. The summed E-state index contributed by atoms with van der Waals surface area (Å²) >= 11 is 0. The minimum Gasteiger partial charge on any atom is -0.435 e. The number of carbonyl (C=O) groups excluding carboxylic acids is 2. The Bertz CT molecular complexity index is 519. The molecule has 1 aromatic carbocycles. The molecule has 1 atom stereocenters. The van der Waals surface area contributed by atoms with Gasteiger partial charge in [0.1, 0.15) is 11.8 Å². The summed E-state index contributed by atoms with van der Waals surface area (Å²) in [5.74, 6) is -0.427. The van der Waals surface area contributed by atoms with Crippen LogP contribution in [0.15, 0.2) is 24.3 Å². The van der Waals surface area contributed by atoms with Crippen molar-refractivity contribution in [1.29, 1.82) is 0 Å². The normalized spacial score (nSPS) is 12.1. The van der Waals surface area contributed by atoms with E-state index < -0.39 is 12.7 Å². The van der Waals surface area contributed by atoms with Crippen molar-refractivity contribution in [3.63, 3.8) is 0 Å². The van der Waals surface area contributed by atoms with Gasteiger partial charge in [-0.05, 0) is 30.0 Å². The van der Waals surface area contributed by atoms with Crippen molar-refractivity contribution in [2.45, 2.75) is 39.8 Å². The molecule has 0 aliphatic rings. The molecule has 1 unspecified atom stereocenters. The molecule has 0 heterocycles. The van der Waals surface area contributed by atoms with Crippen molar-refractivity contribution < 1.29 is 23.1 Å². The number of benzene rings is 1. The van der Waals surface area contributed by atoms with E-state index in [4.69, 9.17) is 0 Å². The molecule has 0 saturated carbocycles. The molecule has 0 aliphatic heterocycles. The van der Waals surface area contributed by atoms with Crippen LogP contribution in [0.25, 0.3) is 0 Å². The van der Waals surface area contributed by atoms with Crippen molar-refractivity contribution in [2.75, 3.05) is 6.54 Å². The van der Waals surface area contributed by atoms with Gasteiger partial charge in [0.25, 0.3) is 0 Å². The second-order valence-corrected chi connectivity index (χ2v) is 5.49. The van der Waals surface area contributed by atoms with Gasteiger partial charge < -0.3 is 15.4 Å². The Morgan fingerprint density at radius 2 is 1.78 bits per heavy atom. The van der Waals surface area contributed by atoms with E-state index in [1.54, 1.807) is 12.1 Å². The molecular formula is C16H22F2N2O3. The van der Waals surface area contributed by atoms with Crippen LogP contribution in [-0.2, 0) is 16.0 Å². The molecule has 2 N–H and O–H groups in total. The van der Waals surface area contributed by atoms with Gasteiger partial charge in [-0.15, -0.1) is 0 Å². The predicted molar refractivity (Wildman–Crippen MR) is 82.2 cm³/mol. The van der Waals surface area contributed by atoms with Crippen LogP contribution < -0.4 is 15.4 Å². The third-order valence-corrected chi connectivity index (χ3v) is 3.17. The smallest absolute Gasteiger partial charge is 0.387 e. The number of nitrogens with one attached hydrogen (secondary N) is 2. The maximum atomic E-state index is 12.1. The van der Waals surface area contributed by atoms with E-state index in [0.717, 1.165) is 5.56 Å². The first kappa shape index (κ1) is 18.9. The summed E-state index contributed by atoms with van der Waals surface area (Å²) < 4.78 is 28.4. The average Bonchev–Trinajstić information content (AvgIpc) is 2.45. The molecule has 2 amide bonds. The quantitative estimate of drug-likeness (QED) is 0.768. The number of amides is 2. The van der Waals surface area contributed by atoms with Crippen molar-refractivity contribution in [1.82, 2.24) is 10.6 Å². The summed E-state index contributed by atoms with van der Waals surface area (Å²) in [6.45, 7) is 2.61. The largest absolute Gasteiger partial charge is 0.435 e. The van der Waals surface area contributed by atoms with E-state index in [2.05, 4.69) is 15.4 Å². The Balaban J connectivity index is 2.45. The zero-order valence-corrected chi connectivity index (χ0v) is 13.4. The van der Waals surface area contributed by atoms with Crippen LogP contribution in [0.1, 0.15) is 26.3 Å². The molecule has 0 fully saturated rings. The monoisotopic (exact) mass is 328 g/mol. The van der Waals surface area contributed by atoms with E-state index in [9.17, 15) is 18.4 Å². The van der Waals surface area contributed by atoms with Crippen LogP contribution in [0.2, 0.25) is 0 Å². The van der Waals surface area contributed by atoms with Gasteiger partial charge >= 0.3 is 6.61 Å². The van der Waals surface area contributed by atoms with Crippen molar-refractivity contribution >= 4 is 11.8 Å². The second kappa shape index (κ2) is 9.07. The highest BCUT2D eigenvalue weighted by atomic mass is 19.3. The third kappa shape index (κ3) is 7.08. The Kier molecular flexibility index (Phi) is 7.44. The highest BCUT2D eigenvalue weighted by molar-refractivity contribution is 5.87. The lowest BCUT2D eigenvalue weighted by Crippen LogP contribution is -2.49. The molecular weight excluding hydrogens is 306 g/mol. The number of rotatable bonds is 8. The highest BCUT2D eigenvalue weighted by Crippen LogP contribution is 2.15. The van der Waals surface area contributed by atoms with Crippen molar-refractivity contribution in [2.24, 2.45) is 5.92 Å². The zero-order valence-electron chi connectivity index (χ0n) is 13.4. The van der Waals surface area contributed by atoms with Crippen LogP contribution in [0.3, 0.4) is 0 Å². The van der Waals surface area contributed by atoms with Gasteiger partial charge in [0.2, 0.25) is 11.8 Å². The molecule has 0 saturated heterocycles. The van der Waals surface area contributed by atoms with Gasteiger partial charge in [0.05, 0.1) is 0 Å². The molecule has 23 heavy (non-hydrogen) atoms. The molecule has 1 aromatic rings. The van der Waals surface area contributed by atoms with Gasteiger partial charge in [0.15, 0.2) is 0 Å². The summed E-state index contributed by atoms with van der Waals surface area (Å²) in [6.07, 6.45) is 0.547. The van der Waals surface area contributed by atoms with E-state index in [0.29, 0.717) is 13.0 Å². The number of hydrogen-bond donors (Lipinski definition) is 2. The first-order chi connectivity index (χ1) is 10.8. The maximum Gasteiger partial charge on any atom is 0.387 e. The van der Waals surface area contributed by atoms with E-state index >= 15 is 0 Å². The molecule has 0 aromatic heterocycles. The van der Waals surface area contributed by atoms with Crippen LogP contribution >= 0.6 is 0 Å². The number of halogens is 2. The molecule has 0 aliphatic carbocycles. The fraction of sp³-hybridized carbons (Fsp3) is 0.500. The number of ether oxygens (including phenoxy) is 1. The third-order valence-electron chi connectivity index (χ3n) is 3.17. The number of alkyl halides is 2. The van der Waals surface area contributed by atoms with Crippen LogP contribution in [-0.4, -0.2) is 31.0 Å². The summed E-state index contributed by atoms with van der Waals surface area (Å²) in [7, 11) is 0. The fourth-order valence-electron chi connectivity index (χ4n) is 2.03. The van der Waals surface area contributed by atoms with Gasteiger partial charge in [0, 0.05) is 13.5 Å². The van der Waals surface area contributed by atoms with Gasteiger partial charge in [-0.25, -0.2) is 0 Å². The SMILES string of the molecule is CC(=O)NC(C(=O)NCCc1ccc(OC(F)F)cc1)C(C)C. The first-order valence-electron chi connectivity index (χ1n) is 7.38.